The highest BCUT2D eigenvalue weighted by molar-refractivity contribution is 7.89. The zero-order valence-electron chi connectivity index (χ0n) is 12.9. The fraction of sp³-hybridized carbons (Fsp3) is 0.562. The SMILES string of the molecule is CCCCOC(=O)[C@@H]1CCCCN1S(=O)(=O)c1ccccc1. The van der Waals surface area contributed by atoms with Crippen molar-refractivity contribution < 1.29 is 17.9 Å². The third-order valence-electron chi connectivity index (χ3n) is 3.82. The number of carbonyl (C=O) groups excluding carboxylic acids is 1. The number of hydrogen-bond acceptors (Lipinski definition) is 4. The number of sulfonamides is 1. The fourth-order valence-corrected chi connectivity index (χ4v) is 4.24. The van der Waals surface area contributed by atoms with Gasteiger partial charge in [0.05, 0.1) is 11.5 Å². The molecule has 1 heterocycles. The molecule has 1 fully saturated rings. The van der Waals surface area contributed by atoms with Crippen molar-refractivity contribution in [1.29, 1.82) is 0 Å². The van der Waals surface area contributed by atoms with Crippen molar-refractivity contribution in [1.82, 2.24) is 4.31 Å². The van der Waals surface area contributed by atoms with Crippen molar-refractivity contribution in [2.75, 3.05) is 13.2 Å². The van der Waals surface area contributed by atoms with Crippen LogP contribution in [0.2, 0.25) is 0 Å². The van der Waals surface area contributed by atoms with E-state index in [0.717, 1.165) is 25.7 Å². The molecule has 122 valence electrons. The molecule has 1 aromatic rings. The molecule has 1 atom stereocenters. The van der Waals surface area contributed by atoms with Crippen LogP contribution in [-0.4, -0.2) is 37.9 Å². The first-order valence-corrected chi connectivity index (χ1v) is 9.25. The second-order valence-corrected chi connectivity index (χ2v) is 7.35. The molecule has 0 amide bonds. The van der Waals surface area contributed by atoms with Gasteiger partial charge in [0.1, 0.15) is 6.04 Å². The predicted octanol–water partition coefficient (Wildman–Crippen LogP) is 2.57. The molecule has 1 aliphatic rings. The summed E-state index contributed by atoms with van der Waals surface area (Å²) in [5.41, 5.74) is 0. The maximum atomic E-state index is 12.8. The van der Waals surface area contributed by atoms with Gasteiger partial charge in [0, 0.05) is 6.54 Å². The minimum absolute atomic E-state index is 0.225. The summed E-state index contributed by atoms with van der Waals surface area (Å²) < 4.78 is 32.0. The van der Waals surface area contributed by atoms with E-state index < -0.39 is 22.0 Å². The third kappa shape index (κ3) is 3.87. The molecule has 0 saturated carbocycles. The molecule has 6 heteroatoms. The average molecular weight is 325 g/mol. The van der Waals surface area contributed by atoms with E-state index in [-0.39, 0.29) is 4.90 Å². The van der Waals surface area contributed by atoms with Crippen LogP contribution in [0, 0.1) is 0 Å². The first-order valence-electron chi connectivity index (χ1n) is 7.81. The summed E-state index contributed by atoms with van der Waals surface area (Å²) in [6, 6.07) is 7.56. The van der Waals surface area contributed by atoms with Gasteiger partial charge in [-0.25, -0.2) is 8.42 Å². The Bertz CT molecular complexity index is 585. The van der Waals surface area contributed by atoms with E-state index >= 15 is 0 Å². The van der Waals surface area contributed by atoms with Gasteiger partial charge in [-0.2, -0.15) is 4.31 Å². The number of hydrogen-bond donors (Lipinski definition) is 0. The number of carbonyl (C=O) groups is 1. The van der Waals surface area contributed by atoms with Gasteiger partial charge in [-0.3, -0.25) is 4.79 Å². The van der Waals surface area contributed by atoms with Crippen LogP contribution >= 0.6 is 0 Å². The summed E-state index contributed by atoms with van der Waals surface area (Å²) in [7, 11) is -3.65. The standard InChI is InChI=1S/C16H23NO4S/c1-2-3-13-21-16(18)15-11-7-8-12-17(15)22(19,20)14-9-5-4-6-10-14/h4-6,9-10,15H,2-3,7-8,11-13H2,1H3/t15-/m0/s1. The van der Waals surface area contributed by atoms with Gasteiger partial charge in [0.2, 0.25) is 10.0 Å². The minimum atomic E-state index is -3.65. The molecule has 5 nitrogen and oxygen atoms in total. The maximum absolute atomic E-state index is 12.8. The van der Waals surface area contributed by atoms with Gasteiger partial charge >= 0.3 is 5.97 Å². The molecule has 2 rings (SSSR count). The topological polar surface area (TPSA) is 63.7 Å². The van der Waals surface area contributed by atoms with Crippen molar-refractivity contribution in [2.24, 2.45) is 0 Å². The molecule has 0 aromatic heterocycles. The van der Waals surface area contributed by atoms with Gasteiger partial charge in [0.15, 0.2) is 0 Å². The minimum Gasteiger partial charge on any atom is -0.464 e. The zero-order valence-corrected chi connectivity index (χ0v) is 13.7. The number of rotatable bonds is 6. The monoisotopic (exact) mass is 325 g/mol. The zero-order chi connectivity index (χ0) is 16.0. The highest BCUT2D eigenvalue weighted by atomic mass is 32.2. The average Bonchev–Trinajstić information content (AvgIpc) is 2.56. The van der Waals surface area contributed by atoms with Crippen LogP contribution in [-0.2, 0) is 19.6 Å². The summed E-state index contributed by atoms with van der Waals surface area (Å²) in [5, 5.41) is 0. The van der Waals surface area contributed by atoms with E-state index in [1.54, 1.807) is 30.3 Å². The molecule has 1 aromatic carbocycles. The van der Waals surface area contributed by atoms with Crippen LogP contribution in [0.25, 0.3) is 0 Å². The number of unbranched alkanes of at least 4 members (excludes halogenated alkanes) is 1. The van der Waals surface area contributed by atoms with E-state index in [9.17, 15) is 13.2 Å². The summed E-state index contributed by atoms with van der Waals surface area (Å²) >= 11 is 0. The number of piperidine rings is 1. The molecular weight excluding hydrogens is 302 g/mol. The Labute approximate surface area is 132 Å². The van der Waals surface area contributed by atoms with Crippen molar-refractivity contribution >= 4 is 16.0 Å². The van der Waals surface area contributed by atoms with Gasteiger partial charge < -0.3 is 4.74 Å². The van der Waals surface area contributed by atoms with Gasteiger partial charge in [-0.05, 0) is 37.8 Å². The molecule has 0 aliphatic carbocycles. The highest BCUT2D eigenvalue weighted by Crippen LogP contribution is 2.26. The number of esters is 1. The molecular formula is C16H23NO4S. The Morgan fingerprint density at radius 3 is 2.68 bits per heavy atom. The lowest BCUT2D eigenvalue weighted by atomic mass is 10.1. The third-order valence-corrected chi connectivity index (χ3v) is 5.74. The van der Waals surface area contributed by atoms with Crippen molar-refractivity contribution in [3.8, 4) is 0 Å². The summed E-state index contributed by atoms with van der Waals surface area (Å²) in [6.45, 7) is 2.73. The molecule has 22 heavy (non-hydrogen) atoms. The Morgan fingerprint density at radius 2 is 2.00 bits per heavy atom. The van der Waals surface area contributed by atoms with E-state index in [4.69, 9.17) is 4.74 Å². The van der Waals surface area contributed by atoms with E-state index in [1.165, 1.54) is 4.31 Å². The molecule has 1 aliphatic heterocycles. The normalized spacial score (nSPS) is 19.8. The number of nitrogens with zero attached hydrogens (tertiary/aromatic N) is 1. The lowest BCUT2D eigenvalue weighted by Gasteiger charge is -2.33. The lowest BCUT2D eigenvalue weighted by Crippen LogP contribution is -2.48. The van der Waals surface area contributed by atoms with Crippen LogP contribution in [0.5, 0.6) is 0 Å². The highest BCUT2D eigenvalue weighted by Gasteiger charge is 2.38. The smallest absolute Gasteiger partial charge is 0.324 e. The van der Waals surface area contributed by atoms with Gasteiger partial charge in [0.25, 0.3) is 0 Å². The number of benzene rings is 1. The quantitative estimate of drug-likeness (QED) is 0.596. The van der Waals surface area contributed by atoms with Crippen LogP contribution in [0.3, 0.4) is 0 Å². The van der Waals surface area contributed by atoms with E-state index in [2.05, 4.69) is 0 Å². The Balaban J connectivity index is 2.17. The Hall–Kier alpha value is -1.40. The van der Waals surface area contributed by atoms with Gasteiger partial charge in [-0.15, -0.1) is 0 Å². The van der Waals surface area contributed by atoms with Crippen LogP contribution in [0.1, 0.15) is 39.0 Å². The predicted molar refractivity (Wildman–Crippen MR) is 83.8 cm³/mol. The molecule has 0 radical (unpaired) electrons. The summed E-state index contributed by atoms with van der Waals surface area (Å²) in [5.74, 6) is -0.423. The molecule has 0 spiro atoms. The Morgan fingerprint density at radius 1 is 1.27 bits per heavy atom. The second-order valence-electron chi connectivity index (χ2n) is 5.46. The maximum Gasteiger partial charge on any atom is 0.324 e. The van der Waals surface area contributed by atoms with Crippen molar-refractivity contribution in [3.63, 3.8) is 0 Å². The van der Waals surface area contributed by atoms with Gasteiger partial charge in [-0.1, -0.05) is 31.5 Å². The number of ether oxygens (including phenoxy) is 1. The van der Waals surface area contributed by atoms with E-state index in [0.29, 0.717) is 19.6 Å². The van der Waals surface area contributed by atoms with Crippen LogP contribution < -0.4 is 0 Å². The fourth-order valence-electron chi connectivity index (χ4n) is 2.57. The van der Waals surface area contributed by atoms with Crippen LogP contribution in [0.4, 0.5) is 0 Å². The Kier molecular flexibility index (Phi) is 5.97. The second kappa shape index (κ2) is 7.74. The lowest BCUT2D eigenvalue weighted by molar-refractivity contribution is -0.149. The van der Waals surface area contributed by atoms with Crippen LogP contribution in [0.15, 0.2) is 35.2 Å². The summed E-state index contributed by atoms with van der Waals surface area (Å²) in [6.07, 6.45) is 3.87. The largest absolute Gasteiger partial charge is 0.464 e. The molecule has 1 saturated heterocycles. The molecule has 0 bridgehead atoms. The molecule has 0 N–H and O–H groups in total. The van der Waals surface area contributed by atoms with E-state index in [1.807, 2.05) is 6.92 Å². The molecule has 0 unspecified atom stereocenters. The first-order chi connectivity index (χ1) is 10.6. The first kappa shape index (κ1) is 17.0. The van der Waals surface area contributed by atoms with Crippen molar-refractivity contribution in [2.45, 2.75) is 50.0 Å². The van der Waals surface area contributed by atoms with Crippen molar-refractivity contribution in [3.05, 3.63) is 30.3 Å². The summed E-state index contributed by atoms with van der Waals surface area (Å²) in [4.78, 5) is 12.5.